The SMILES string of the molecule is CCOC(=O)C1CCN(C(=O)c2cc3cc(F)ccc3s2)CC1. The number of halogens is 1. The lowest BCUT2D eigenvalue weighted by molar-refractivity contribution is -0.149. The smallest absolute Gasteiger partial charge is 0.309 e. The number of amides is 1. The third kappa shape index (κ3) is 3.37. The van der Waals surface area contributed by atoms with Gasteiger partial charge >= 0.3 is 5.97 Å². The molecule has 0 atom stereocenters. The maximum absolute atomic E-state index is 13.2. The van der Waals surface area contributed by atoms with Crippen molar-refractivity contribution < 1.29 is 18.7 Å². The van der Waals surface area contributed by atoms with Crippen molar-refractivity contribution >= 4 is 33.3 Å². The number of benzene rings is 1. The summed E-state index contributed by atoms with van der Waals surface area (Å²) in [6.07, 6.45) is 1.26. The van der Waals surface area contributed by atoms with Crippen molar-refractivity contribution in [1.29, 1.82) is 0 Å². The van der Waals surface area contributed by atoms with E-state index in [1.807, 2.05) is 0 Å². The van der Waals surface area contributed by atoms with Crippen molar-refractivity contribution in [2.45, 2.75) is 19.8 Å². The molecule has 0 unspecified atom stereocenters. The summed E-state index contributed by atoms with van der Waals surface area (Å²) in [6, 6.07) is 6.27. The summed E-state index contributed by atoms with van der Waals surface area (Å²) >= 11 is 1.37. The van der Waals surface area contributed by atoms with Crippen LogP contribution in [0.1, 0.15) is 29.4 Å². The van der Waals surface area contributed by atoms with Gasteiger partial charge in [-0.25, -0.2) is 4.39 Å². The lowest BCUT2D eigenvalue weighted by Gasteiger charge is -2.30. The summed E-state index contributed by atoms with van der Waals surface area (Å²) in [7, 11) is 0. The van der Waals surface area contributed by atoms with Crippen molar-refractivity contribution in [3.63, 3.8) is 0 Å². The second kappa shape index (κ2) is 6.66. The number of nitrogens with zero attached hydrogens (tertiary/aromatic N) is 1. The normalized spacial score (nSPS) is 15.8. The average molecular weight is 335 g/mol. The Labute approximate surface area is 137 Å². The summed E-state index contributed by atoms with van der Waals surface area (Å²) in [5.41, 5.74) is 0. The van der Waals surface area contributed by atoms with E-state index in [4.69, 9.17) is 4.74 Å². The van der Waals surface area contributed by atoms with Crippen LogP contribution in [0.3, 0.4) is 0 Å². The minimum atomic E-state index is -0.301. The molecule has 1 aliphatic heterocycles. The van der Waals surface area contributed by atoms with Gasteiger partial charge in [-0.2, -0.15) is 0 Å². The second-order valence-corrected chi connectivity index (χ2v) is 6.70. The zero-order valence-corrected chi connectivity index (χ0v) is 13.7. The molecule has 0 bridgehead atoms. The molecular weight excluding hydrogens is 317 g/mol. The predicted molar refractivity (Wildman–Crippen MR) is 87.0 cm³/mol. The Morgan fingerprint density at radius 2 is 2.04 bits per heavy atom. The number of esters is 1. The first-order chi connectivity index (χ1) is 11.1. The van der Waals surface area contributed by atoms with Gasteiger partial charge in [-0.1, -0.05) is 0 Å². The molecule has 4 nitrogen and oxygen atoms in total. The quantitative estimate of drug-likeness (QED) is 0.807. The van der Waals surface area contributed by atoms with E-state index in [0.29, 0.717) is 37.4 Å². The van der Waals surface area contributed by atoms with Gasteiger partial charge in [-0.15, -0.1) is 11.3 Å². The minimum absolute atomic E-state index is 0.0473. The fourth-order valence-corrected chi connectivity index (χ4v) is 3.86. The van der Waals surface area contributed by atoms with Gasteiger partial charge in [0.2, 0.25) is 0 Å². The summed E-state index contributed by atoms with van der Waals surface area (Å²) in [4.78, 5) is 26.7. The molecule has 0 radical (unpaired) electrons. The van der Waals surface area contributed by atoms with E-state index >= 15 is 0 Å². The fraction of sp³-hybridized carbons (Fsp3) is 0.412. The van der Waals surface area contributed by atoms with E-state index in [1.54, 1.807) is 24.0 Å². The number of likely N-dealkylation sites (tertiary alicyclic amines) is 1. The van der Waals surface area contributed by atoms with Crippen LogP contribution in [0.4, 0.5) is 4.39 Å². The van der Waals surface area contributed by atoms with Gasteiger partial charge in [0, 0.05) is 17.8 Å². The Balaban J connectivity index is 1.67. The third-order valence-electron chi connectivity index (χ3n) is 4.09. The highest BCUT2D eigenvalue weighted by Crippen LogP contribution is 2.28. The molecule has 1 amide bonds. The number of rotatable bonds is 3. The van der Waals surface area contributed by atoms with Crippen LogP contribution < -0.4 is 0 Å². The first kappa shape index (κ1) is 15.9. The summed E-state index contributed by atoms with van der Waals surface area (Å²) in [6.45, 7) is 3.27. The Kier molecular flexibility index (Phi) is 4.61. The lowest BCUT2D eigenvalue weighted by Crippen LogP contribution is -2.40. The highest BCUT2D eigenvalue weighted by Gasteiger charge is 2.29. The lowest BCUT2D eigenvalue weighted by atomic mass is 9.97. The summed E-state index contributed by atoms with van der Waals surface area (Å²) < 4.78 is 19.2. The highest BCUT2D eigenvalue weighted by atomic mass is 32.1. The molecule has 0 aliphatic carbocycles. The molecule has 23 heavy (non-hydrogen) atoms. The highest BCUT2D eigenvalue weighted by molar-refractivity contribution is 7.20. The fourth-order valence-electron chi connectivity index (χ4n) is 2.85. The molecule has 0 saturated carbocycles. The van der Waals surface area contributed by atoms with Crippen LogP contribution in [0.25, 0.3) is 10.1 Å². The number of ether oxygens (including phenoxy) is 1. The van der Waals surface area contributed by atoms with E-state index in [0.717, 1.165) is 10.1 Å². The number of carbonyl (C=O) groups is 2. The van der Waals surface area contributed by atoms with Crippen molar-refractivity contribution in [3.05, 3.63) is 35.0 Å². The molecule has 2 heterocycles. The molecule has 1 saturated heterocycles. The van der Waals surface area contributed by atoms with Gasteiger partial charge < -0.3 is 9.64 Å². The molecule has 122 valence electrons. The maximum Gasteiger partial charge on any atom is 0.309 e. The average Bonchev–Trinajstić information content (AvgIpc) is 2.97. The first-order valence-corrected chi connectivity index (χ1v) is 8.55. The minimum Gasteiger partial charge on any atom is -0.466 e. The number of piperidine rings is 1. The standard InChI is InChI=1S/C17H18FNO3S/c1-2-22-17(21)11-5-7-19(8-6-11)16(20)15-10-12-9-13(18)3-4-14(12)23-15/h3-4,9-11H,2,5-8H2,1H3. The van der Waals surface area contributed by atoms with Crippen LogP contribution in [0.5, 0.6) is 0 Å². The Morgan fingerprint density at radius 3 is 2.74 bits per heavy atom. The molecule has 3 rings (SSSR count). The van der Waals surface area contributed by atoms with E-state index in [1.165, 1.54) is 23.5 Å². The van der Waals surface area contributed by atoms with Gasteiger partial charge in [0.05, 0.1) is 17.4 Å². The van der Waals surface area contributed by atoms with Crippen LogP contribution in [0, 0.1) is 11.7 Å². The van der Waals surface area contributed by atoms with Crippen LogP contribution in [0.15, 0.2) is 24.3 Å². The van der Waals surface area contributed by atoms with Crippen LogP contribution in [-0.4, -0.2) is 36.5 Å². The maximum atomic E-state index is 13.2. The molecule has 1 aromatic carbocycles. The summed E-state index contributed by atoms with van der Waals surface area (Å²) in [5.74, 6) is -0.633. The zero-order chi connectivity index (χ0) is 16.4. The van der Waals surface area contributed by atoms with Crippen LogP contribution in [-0.2, 0) is 9.53 Å². The van der Waals surface area contributed by atoms with Gasteiger partial charge in [0.1, 0.15) is 5.82 Å². The molecule has 0 N–H and O–H groups in total. The van der Waals surface area contributed by atoms with Crippen LogP contribution >= 0.6 is 11.3 Å². The van der Waals surface area contributed by atoms with E-state index in [-0.39, 0.29) is 23.6 Å². The monoisotopic (exact) mass is 335 g/mol. The largest absolute Gasteiger partial charge is 0.466 e. The number of thiophene rings is 1. The van der Waals surface area contributed by atoms with Gasteiger partial charge in [0.25, 0.3) is 5.91 Å². The molecule has 1 aliphatic rings. The number of hydrogen-bond acceptors (Lipinski definition) is 4. The molecule has 6 heteroatoms. The third-order valence-corrected chi connectivity index (χ3v) is 5.20. The number of carbonyl (C=O) groups excluding carboxylic acids is 2. The van der Waals surface area contributed by atoms with Gasteiger partial charge in [0.15, 0.2) is 0 Å². The number of hydrogen-bond donors (Lipinski definition) is 0. The van der Waals surface area contributed by atoms with Crippen molar-refractivity contribution in [1.82, 2.24) is 4.90 Å². The molecular formula is C17H18FNO3S. The van der Waals surface area contributed by atoms with Crippen molar-refractivity contribution in [2.75, 3.05) is 19.7 Å². The van der Waals surface area contributed by atoms with Crippen molar-refractivity contribution in [2.24, 2.45) is 5.92 Å². The molecule has 2 aromatic rings. The van der Waals surface area contributed by atoms with Crippen molar-refractivity contribution in [3.8, 4) is 0 Å². The van der Waals surface area contributed by atoms with E-state index in [2.05, 4.69) is 0 Å². The first-order valence-electron chi connectivity index (χ1n) is 7.73. The zero-order valence-electron chi connectivity index (χ0n) is 12.9. The van der Waals surface area contributed by atoms with Crippen LogP contribution in [0.2, 0.25) is 0 Å². The predicted octanol–water partition coefficient (Wildman–Crippen LogP) is 3.46. The van der Waals surface area contributed by atoms with E-state index in [9.17, 15) is 14.0 Å². The molecule has 1 aromatic heterocycles. The Bertz CT molecular complexity index is 735. The molecule has 0 spiro atoms. The Hall–Kier alpha value is -1.95. The van der Waals surface area contributed by atoms with Gasteiger partial charge in [-0.05, 0) is 49.4 Å². The van der Waals surface area contributed by atoms with Gasteiger partial charge in [-0.3, -0.25) is 9.59 Å². The topological polar surface area (TPSA) is 46.6 Å². The summed E-state index contributed by atoms with van der Waals surface area (Å²) in [5, 5.41) is 0.750. The van der Waals surface area contributed by atoms with E-state index < -0.39 is 0 Å². The number of fused-ring (bicyclic) bond motifs is 1. The second-order valence-electron chi connectivity index (χ2n) is 5.61. The molecule has 1 fully saturated rings. The Morgan fingerprint density at radius 1 is 1.30 bits per heavy atom.